The second-order valence-corrected chi connectivity index (χ2v) is 7.02. The van der Waals surface area contributed by atoms with Crippen molar-refractivity contribution in [2.24, 2.45) is 5.92 Å². The summed E-state index contributed by atoms with van der Waals surface area (Å²) in [5.74, 6) is 0.970. The Hall–Kier alpha value is -2.41. The predicted molar refractivity (Wildman–Crippen MR) is 94.9 cm³/mol. The van der Waals surface area contributed by atoms with Crippen LogP contribution in [-0.4, -0.2) is 15.0 Å². The summed E-state index contributed by atoms with van der Waals surface area (Å²) >= 11 is 5.77. The Morgan fingerprint density at radius 2 is 1.89 bits per heavy atom. The second-order valence-electron chi connectivity index (χ2n) is 6.58. The lowest BCUT2D eigenvalue weighted by Gasteiger charge is -2.14. The van der Waals surface area contributed by atoms with Crippen molar-refractivity contribution in [2.75, 3.05) is 0 Å². The molecule has 1 aromatic carbocycles. The Morgan fingerprint density at radius 1 is 1.15 bits per heavy atom. The van der Waals surface area contributed by atoms with Crippen LogP contribution in [0.4, 0.5) is 13.2 Å². The molecule has 0 spiro atoms. The van der Waals surface area contributed by atoms with Gasteiger partial charge in [-0.1, -0.05) is 30.5 Å². The van der Waals surface area contributed by atoms with Crippen molar-refractivity contribution in [3.8, 4) is 11.8 Å². The van der Waals surface area contributed by atoms with E-state index in [1.165, 1.54) is 12.4 Å². The number of hydrogen-bond donors (Lipinski definition) is 0. The van der Waals surface area contributed by atoms with Gasteiger partial charge >= 0.3 is 12.2 Å². The van der Waals surface area contributed by atoms with E-state index in [1.807, 2.05) is 0 Å². The van der Waals surface area contributed by atoms with Gasteiger partial charge in [-0.05, 0) is 42.5 Å². The molecular weight excluding hydrogens is 379 g/mol. The van der Waals surface area contributed by atoms with Crippen molar-refractivity contribution >= 4 is 22.5 Å². The Labute approximate surface area is 158 Å². The lowest BCUT2D eigenvalue weighted by molar-refractivity contribution is -0.141. The number of fused-ring (bicyclic) bond motifs is 1. The number of halogens is 4. The number of rotatable bonds is 5. The maximum Gasteiger partial charge on any atom is 0.433 e. The molecule has 4 rings (SSSR count). The lowest BCUT2D eigenvalue weighted by atomic mass is 10.0. The normalized spacial score (nSPS) is 14.5. The Balaban J connectivity index is 1.79. The largest absolute Gasteiger partial charge is 0.433 e. The second kappa shape index (κ2) is 6.96. The van der Waals surface area contributed by atoms with Crippen LogP contribution in [0.1, 0.15) is 30.5 Å². The van der Waals surface area contributed by atoms with Crippen molar-refractivity contribution in [2.45, 2.75) is 31.9 Å². The van der Waals surface area contributed by atoms with Gasteiger partial charge in [0.05, 0.1) is 22.9 Å². The first-order valence-corrected chi connectivity index (χ1v) is 8.93. The monoisotopic (exact) mass is 393 g/mol. The van der Waals surface area contributed by atoms with Gasteiger partial charge in [0.1, 0.15) is 11.4 Å². The van der Waals surface area contributed by atoms with Crippen LogP contribution in [-0.2, 0) is 12.6 Å². The van der Waals surface area contributed by atoms with Crippen molar-refractivity contribution in [1.82, 2.24) is 15.0 Å². The molecule has 0 bridgehead atoms. The van der Waals surface area contributed by atoms with E-state index >= 15 is 0 Å². The smallest absolute Gasteiger partial charge is 0.424 e. The van der Waals surface area contributed by atoms with Crippen molar-refractivity contribution < 1.29 is 17.9 Å². The fourth-order valence-corrected chi connectivity index (χ4v) is 3.08. The van der Waals surface area contributed by atoms with E-state index in [9.17, 15) is 13.2 Å². The zero-order chi connectivity index (χ0) is 19.0. The molecule has 1 saturated carbocycles. The van der Waals surface area contributed by atoms with E-state index in [4.69, 9.17) is 16.3 Å². The third-order valence-electron chi connectivity index (χ3n) is 4.48. The van der Waals surface area contributed by atoms with Crippen LogP contribution in [0.3, 0.4) is 0 Å². The number of aromatic nitrogens is 3. The number of ether oxygens (including phenoxy) is 1. The molecule has 1 aliphatic carbocycles. The van der Waals surface area contributed by atoms with Crippen LogP contribution in [0.25, 0.3) is 10.9 Å². The number of alkyl halides is 3. The first-order valence-electron chi connectivity index (χ1n) is 8.55. The van der Waals surface area contributed by atoms with Gasteiger partial charge < -0.3 is 4.74 Å². The van der Waals surface area contributed by atoms with E-state index < -0.39 is 11.9 Å². The maximum atomic E-state index is 13.3. The minimum atomic E-state index is -4.50. The summed E-state index contributed by atoms with van der Waals surface area (Å²) in [6, 6.07) is 6.03. The quantitative estimate of drug-likeness (QED) is 0.547. The van der Waals surface area contributed by atoms with Gasteiger partial charge in [0.25, 0.3) is 0 Å². The number of nitrogens with zero attached hydrogens (tertiary/aromatic N) is 3. The average molecular weight is 394 g/mol. The summed E-state index contributed by atoms with van der Waals surface area (Å²) in [6.45, 7) is 0. The van der Waals surface area contributed by atoms with Gasteiger partial charge in [-0.3, -0.25) is 0 Å². The highest BCUT2D eigenvalue weighted by molar-refractivity contribution is 6.30. The number of benzene rings is 1. The molecule has 4 nitrogen and oxygen atoms in total. The molecule has 0 amide bonds. The molecule has 1 fully saturated rings. The minimum absolute atomic E-state index is 0.0694. The van der Waals surface area contributed by atoms with Crippen LogP contribution >= 0.6 is 11.6 Å². The van der Waals surface area contributed by atoms with E-state index in [1.54, 1.807) is 18.2 Å². The molecule has 2 heterocycles. The summed E-state index contributed by atoms with van der Waals surface area (Å²) < 4.78 is 45.5. The van der Waals surface area contributed by atoms with Crippen LogP contribution in [0.2, 0.25) is 5.02 Å². The van der Waals surface area contributed by atoms with E-state index in [0.717, 1.165) is 25.3 Å². The molecule has 0 N–H and O–H groups in total. The predicted octanol–water partition coefficient (Wildman–Crippen LogP) is 5.83. The first-order chi connectivity index (χ1) is 12.9. The number of hydrogen-bond acceptors (Lipinski definition) is 4. The van der Waals surface area contributed by atoms with E-state index in [2.05, 4.69) is 15.0 Å². The topological polar surface area (TPSA) is 47.9 Å². The van der Waals surface area contributed by atoms with E-state index in [0.29, 0.717) is 34.1 Å². The molecule has 0 unspecified atom stereocenters. The van der Waals surface area contributed by atoms with Crippen LogP contribution < -0.4 is 4.74 Å². The molecule has 27 heavy (non-hydrogen) atoms. The van der Waals surface area contributed by atoms with Gasteiger partial charge in [-0.25, -0.2) is 15.0 Å². The van der Waals surface area contributed by atoms with Crippen molar-refractivity contribution in [1.29, 1.82) is 0 Å². The van der Waals surface area contributed by atoms with Gasteiger partial charge in [0.15, 0.2) is 0 Å². The number of aryl methyl sites for hydroxylation is 1. The fraction of sp³-hybridized carbons (Fsp3) is 0.316. The molecule has 0 radical (unpaired) electrons. The third kappa shape index (κ3) is 4.13. The SMILES string of the molecule is FC(F)(F)c1cc(CCC2CC2)c2c(Oc3ncc(Cl)cn3)cccc2n1. The molecular formula is C19H15ClF3N3O. The van der Waals surface area contributed by atoms with Crippen LogP contribution in [0.5, 0.6) is 11.8 Å². The highest BCUT2D eigenvalue weighted by Crippen LogP contribution is 2.38. The molecule has 0 atom stereocenters. The van der Waals surface area contributed by atoms with Crippen molar-refractivity contribution in [3.05, 3.63) is 52.9 Å². The van der Waals surface area contributed by atoms with E-state index in [-0.39, 0.29) is 11.5 Å². The first kappa shape index (κ1) is 18.0. The summed E-state index contributed by atoms with van der Waals surface area (Å²) in [6.07, 6.45) is 1.94. The summed E-state index contributed by atoms with van der Waals surface area (Å²) in [7, 11) is 0. The standard InChI is InChI=1S/C19H15ClF3N3O/c20-13-9-24-18(25-10-13)27-15-3-1-2-14-17(15)12(7-6-11-4-5-11)8-16(26-14)19(21,22)23/h1-3,8-11H,4-7H2. The Bertz CT molecular complexity index is 972. The van der Waals surface area contributed by atoms with Crippen LogP contribution in [0.15, 0.2) is 36.7 Å². The minimum Gasteiger partial charge on any atom is -0.424 e. The third-order valence-corrected chi connectivity index (χ3v) is 4.68. The highest BCUT2D eigenvalue weighted by Gasteiger charge is 2.34. The molecule has 3 aromatic rings. The Kier molecular flexibility index (Phi) is 4.63. The zero-order valence-electron chi connectivity index (χ0n) is 14.1. The average Bonchev–Trinajstić information content (AvgIpc) is 3.45. The van der Waals surface area contributed by atoms with Gasteiger partial charge in [-0.2, -0.15) is 13.2 Å². The fourth-order valence-electron chi connectivity index (χ4n) is 2.98. The van der Waals surface area contributed by atoms with Gasteiger partial charge in [0.2, 0.25) is 0 Å². The lowest BCUT2D eigenvalue weighted by Crippen LogP contribution is -2.09. The molecule has 140 valence electrons. The van der Waals surface area contributed by atoms with Crippen molar-refractivity contribution in [3.63, 3.8) is 0 Å². The van der Waals surface area contributed by atoms with Gasteiger partial charge in [0, 0.05) is 5.39 Å². The highest BCUT2D eigenvalue weighted by atomic mass is 35.5. The van der Waals surface area contributed by atoms with Crippen LogP contribution in [0, 0.1) is 5.92 Å². The summed E-state index contributed by atoms with van der Waals surface area (Å²) in [5.41, 5.74) is -0.0773. The maximum absolute atomic E-state index is 13.3. The molecule has 8 heteroatoms. The Morgan fingerprint density at radius 3 is 2.56 bits per heavy atom. The number of pyridine rings is 1. The van der Waals surface area contributed by atoms with Gasteiger partial charge in [-0.15, -0.1) is 0 Å². The zero-order valence-corrected chi connectivity index (χ0v) is 14.9. The molecule has 0 saturated heterocycles. The summed E-state index contributed by atoms with van der Waals surface area (Å²) in [4.78, 5) is 11.8. The summed E-state index contributed by atoms with van der Waals surface area (Å²) in [5, 5.41) is 0.923. The molecule has 2 aromatic heterocycles. The molecule has 0 aliphatic heterocycles. The molecule has 1 aliphatic rings.